The SMILES string of the molecule is O=C(NN=C1CCCC1)c1ccc(CN2CCc3ccccc3C2)cc1. The molecule has 2 aromatic rings. The van der Waals surface area contributed by atoms with E-state index in [1.165, 1.54) is 29.5 Å². The number of carbonyl (C=O) groups excluding carboxylic acids is 1. The summed E-state index contributed by atoms with van der Waals surface area (Å²) in [5.41, 5.74) is 8.61. The molecule has 0 radical (unpaired) electrons. The lowest BCUT2D eigenvalue weighted by Crippen LogP contribution is -2.30. The summed E-state index contributed by atoms with van der Waals surface area (Å²) >= 11 is 0. The van der Waals surface area contributed by atoms with E-state index in [9.17, 15) is 4.79 Å². The average molecular weight is 347 g/mol. The van der Waals surface area contributed by atoms with Crippen LogP contribution in [0.1, 0.15) is 52.7 Å². The van der Waals surface area contributed by atoms with E-state index in [1.807, 2.05) is 12.1 Å². The second-order valence-corrected chi connectivity index (χ2v) is 7.25. The van der Waals surface area contributed by atoms with Gasteiger partial charge in [0.05, 0.1) is 0 Å². The number of hydrogen-bond donors (Lipinski definition) is 1. The number of hydrazone groups is 1. The first kappa shape index (κ1) is 17.0. The van der Waals surface area contributed by atoms with Gasteiger partial charge in [-0.1, -0.05) is 36.4 Å². The molecule has 1 amide bonds. The number of fused-ring (bicyclic) bond motifs is 1. The first-order valence-corrected chi connectivity index (χ1v) is 9.52. The Balaban J connectivity index is 1.34. The molecule has 1 aliphatic heterocycles. The largest absolute Gasteiger partial charge is 0.294 e. The predicted octanol–water partition coefficient (Wildman–Crippen LogP) is 3.90. The fraction of sp³-hybridized carbons (Fsp3) is 0.364. The van der Waals surface area contributed by atoms with Gasteiger partial charge in [0.2, 0.25) is 0 Å². The Bertz CT molecular complexity index is 802. The van der Waals surface area contributed by atoms with E-state index < -0.39 is 0 Å². The van der Waals surface area contributed by atoms with Crippen LogP contribution in [0.3, 0.4) is 0 Å². The molecule has 1 heterocycles. The number of amides is 1. The molecule has 0 atom stereocenters. The fourth-order valence-corrected chi connectivity index (χ4v) is 3.80. The minimum atomic E-state index is -0.122. The zero-order chi connectivity index (χ0) is 17.8. The van der Waals surface area contributed by atoms with Crippen molar-refractivity contribution in [3.05, 3.63) is 70.8 Å². The second-order valence-electron chi connectivity index (χ2n) is 7.25. The van der Waals surface area contributed by atoms with Crippen LogP contribution < -0.4 is 5.43 Å². The van der Waals surface area contributed by atoms with E-state index in [-0.39, 0.29) is 5.91 Å². The van der Waals surface area contributed by atoms with Crippen LogP contribution in [0.25, 0.3) is 0 Å². The molecule has 1 fully saturated rings. The number of nitrogens with zero attached hydrogens (tertiary/aromatic N) is 2. The van der Waals surface area contributed by atoms with Crippen molar-refractivity contribution in [2.45, 2.75) is 45.2 Å². The molecular weight excluding hydrogens is 322 g/mol. The molecule has 4 heteroatoms. The Labute approximate surface area is 154 Å². The van der Waals surface area contributed by atoms with Crippen LogP contribution in [-0.4, -0.2) is 23.1 Å². The van der Waals surface area contributed by atoms with E-state index in [1.54, 1.807) is 0 Å². The van der Waals surface area contributed by atoms with E-state index in [0.29, 0.717) is 5.56 Å². The molecule has 2 aromatic carbocycles. The maximum absolute atomic E-state index is 12.2. The van der Waals surface area contributed by atoms with Crippen molar-refractivity contribution >= 4 is 11.6 Å². The Morgan fingerprint density at radius 3 is 2.46 bits per heavy atom. The van der Waals surface area contributed by atoms with Gasteiger partial charge in [0.15, 0.2) is 0 Å². The van der Waals surface area contributed by atoms with Gasteiger partial charge in [0, 0.05) is 30.9 Å². The molecule has 0 saturated heterocycles. The van der Waals surface area contributed by atoms with Crippen LogP contribution in [0.2, 0.25) is 0 Å². The molecule has 0 spiro atoms. The normalized spacial score (nSPS) is 17.0. The van der Waals surface area contributed by atoms with Crippen molar-refractivity contribution in [3.63, 3.8) is 0 Å². The average Bonchev–Trinajstić information content (AvgIpc) is 3.20. The molecule has 134 valence electrons. The summed E-state index contributed by atoms with van der Waals surface area (Å²) < 4.78 is 0. The zero-order valence-electron chi connectivity index (χ0n) is 15.1. The molecular formula is C22H25N3O. The Morgan fingerprint density at radius 1 is 0.962 bits per heavy atom. The molecule has 2 aliphatic rings. The standard InChI is InChI=1S/C22H25N3O/c26-22(24-23-21-7-3-4-8-21)19-11-9-17(10-12-19)15-25-14-13-18-5-1-2-6-20(18)16-25/h1-2,5-6,9-12H,3-4,7-8,13-16H2,(H,24,26). The number of nitrogens with one attached hydrogen (secondary N) is 1. The van der Waals surface area contributed by atoms with Gasteiger partial charge in [-0.05, 0) is 60.9 Å². The molecule has 1 aliphatic carbocycles. The molecule has 4 rings (SSSR count). The van der Waals surface area contributed by atoms with E-state index in [4.69, 9.17) is 0 Å². The van der Waals surface area contributed by atoms with Gasteiger partial charge in [0.25, 0.3) is 5.91 Å². The summed E-state index contributed by atoms with van der Waals surface area (Å²) in [7, 11) is 0. The van der Waals surface area contributed by atoms with Crippen molar-refractivity contribution in [2.24, 2.45) is 5.10 Å². The molecule has 0 aromatic heterocycles. The smallest absolute Gasteiger partial charge is 0.271 e. The zero-order valence-corrected chi connectivity index (χ0v) is 15.1. The number of hydrogen-bond acceptors (Lipinski definition) is 3. The van der Waals surface area contributed by atoms with Crippen LogP contribution in [0.4, 0.5) is 0 Å². The molecule has 1 N–H and O–H groups in total. The Hall–Kier alpha value is -2.46. The summed E-state index contributed by atoms with van der Waals surface area (Å²) in [5.74, 6) is -0.122. The highest BCUT2D eigenvalue weighted by molar-refractivity contribution is 5.95. The van der Waals surface area contributed by atoms with Crippen LogP contribution in [0, 0.1) is 0 Å². The minimum absolute atomic E-state index is 0.122. The first-order valence-electron chi connectivity index (χ1n) is 9.52. The van der Waals surface area contributed by atoms with E-state index in [0.717, 1.165) is 44.6 Å². The van der Waals surface area contributed by atoms with Gasteiger partial charge in [-0.25, -0.2) is 5.43 Å². The summed E-state index contributed by atoms with van der Waals surface area (Å²) in [4.78, 5) is 14.7. The van der Waals surface area contributed by atoms with Gasteiger partial charge in [0.1, 0.15) is 0 Å². The van der Waals surface area contributed by atoms with Crippen molar-refractivity contribution in [1.82, 2.24) is 10.3 Å². The third-order valence-corrected chi connectivity index (χ3v) is 5.33. The molecule has 0 unspecified atom stereocenters. The van der Waals surface area contributed by atoms with Crippen LogP contribution >= 0.6 is 0 Å². The third-order valence-electron chi connectivity index (χ3n) is 5.33. The lowest BCUT2D eigenvalue weighted by Gasteiger charge is -2.28. The topological polar surface area (TPSA) is 44.7 Å². The first-order chi connectivity index (χ1) is 12.8. The maximum atomic E-state index is 12.2. The second kappa shape index (κ2) is 7.83. The molecule has 26 heavy (non-hydrogen) atoms. The maximum Gasteiger partial charge on any atom is 0.271 e. The van der Waals surface area contributed by atoms with Crippen molar-refractivity contribution in [1.29, 1.82) is 0 Å². The lowest BCUT2D eigenvalue weighted by atomic mass is 9.99. The van der Waals surface area contributed by atoms with Gasteiger partial charge in [-0.15, -0.1) is 0 Å². The number of carbonyl (C=O) groups is 1. The van der Waals surface area contributed by atoms with Crippen molar-refractivity contribution < 1.29 is 4.79 Å². The van der Waals surface area contributed by atoms with Gasteiger partial charge >= 0.3 is 0 Å². The number of rotatable bonds is 4. The van der Waals surface area contributed by atoms with Gasteiger partial charge in [-0.3, -0.25) is 9.69 Å². The quantitative estimate of drug-likeness (QED) is 0.853. The Morgan fingerprint density at radius 2 is 1.69 bits per heavy atom. The van der Waals surface area contributed by atoms with Crippen molar-refractivity contribution in [2.75, 3.05) is 6.54 Å². The molecule has 0 bridgehead atoms. The number of benzene rings is 2. The molecule has 4 nitrogen and oxygen atoms in total. The van der Waals surface area contributed by atoms with Crippen LogP contribution in [0.15, 0.2) is 53.6 Å². The lowest BCUT2D eigenvalue weighted by molar-refractivity contribution is 0.0954. The highest BCUT2D eigenvalue weighted by Crippen LogP contribution is 2.20. The third kappa shape index (κ3) is 4.02. The monoisotopic (exact) mass is 347 g/mol. The highest BCUT2D eigenvalue weighted by atomic mass is 16.2. The van der Waals surface area contributed by atoms with Gasteiger partial charge in [-0.2, -0.15) is 5.10 Å². The van der Waals surface area contributed by atoms with Crippen molar-refractivity contribution in [3.8, 4) is 0 Å². The van der Waals surface area contributed by atoms with E-state index in [2.05, 4.69) is 51.8 Å². The van der Waals surface area contributed by atoms with Gasteiger partial charge < -0.3 is 0 Å². The summed E-state index contributed by atoms with van der Waals surface area (Å²) in [5, 5.41) is 4.25. The highest BCUT2D eigenvalue weighted by Gasteiger charge is 2.16. The molecule has 1 saturated carbocycles. The summed E-state index contributed by atoms with van der Waals surface area (Å²) in [6, 6.07) is 16.6. The summed E-state index contributed by atoms with van der Waals surface area (Å²) in [6.07, 6.45) is 5.50. The predicted molar refractivity (Wildman–Crippen MR) is 104 cm³/mol. The minimum Gasteiger partial charge on any atom is -0.294 e. The fourth-order valence-electron chi connectivity index (χ4n) is 3.80. The van der Waals surface area contributed by atoms with E-state index >= 15 is 0 Å². The van der Waals surface area contributed by atoms with Crippen LogP contribution in [0.5, 0.6) is 0 Å². The van der Waals surface area contributed by atoms with Crippen LogP contribution in [-0.2, 0) is 19.5 Å². The summed E-state index contributed by atoms with van der Waals surface area (Å²) in [6.45, 7) is 2.99. The Kier molecular flexibility index (Phi) is 5.12.